The van der Waals surface area contributed by atoms with Gasteiger partial charge in [0.1, 0.15) is 5.76 Å². The van der Waals surface area contributed by atoms with Crippen LogP contribution in [0.2, 0.25) is 0 Å². The molecule has 0 bridgehead atoms. The van der Waals surface area contributed by atoms with Gasteiger partial charge in [-0.1, -0.05) is 12.5 Å². The van der Waals surface area contributed by atoms with E-state index in [2.05, 4.69) is 35.8 Å². The molecule has 0 aliphatic heterocycles. The minimum Gasteiger partial charge on any atom is -0.469 e. The van der Waals surface area contributed by atoms with Gasteiger partial charge in [0.05, 0.1) is 6.26 Å². The second-order valence-electron chi connectivity index (χ2n) is 5.12. The van der Waals surface area contributed by atoms with Crippen LogP contribution >= 0.6 is 24.0 Å². The molecule has 4 nitrogen and oxygen atoms in total. The van der Waals surface area contributed by atoms with Gasteiger partial charge < -0.3 is 14.6 Å². The Morgan fingerprint density at radius 2 is 2.23 bits per heavy atom. The lowest BCUT2D eigenvalue weighted by Crippen LogP contribution is -2.39. The summed E-state index contributed by atoms with van der Waals surface area (Å²) in [6, 6.07) is 3.91. The summed E-state index contributed by atoms with van der Waals surface area (Å²) in [6.45, 7) is 8.52. The van der Waals surface area contributed by atoms with Crippen LogP contribution in [0.5, 0.6) is 0 Å². The average Bonchev–Trinajstić information content (AvgIpc) is 2.99. The summed E-state index contributed by atoms with van der Waals surface area (Å²) in [7, 11) is 2.10. The maximum absolute atomic E-state index is 5.33. The normalized spacial score (nSPS) is 10.9. The fraction of sp³-hybridized carbons (Fsp3) is 0.588. The molecule has 0 unspecified atom stereocenters. The van der Waals surface area contributed by atoms with E-state index in [0.29, 0.717) is 0 Å². The summed E-state index contributed by atoms with van der Waals surface area (Å²) >= 11 is 0. The molecule has 0 saturated heterocycles. The van der Waals surface area contributed by atoms with Crippen LogP contribution in [0.3, 0.4) is 0 Å². The first-order valence-electron chi connectivity index (χ1n) is 7.90. The largest absolute Gasteiger partial charge is 0.469 e. The Balaban J connectivity index is 0.00000441. The zero-order valence-corrected chi connectivity index (χ0v) is 16.2. The molecule has 0 atom stereocenters. The molecule has 1 N–H and O–H groups in total. The summed E-state index contributed by atoms with van der Waals surface area (Å²) in [5, 5.41) is 3.34. The molecular weight excluding hydrogens is 389 g/mol. The van der Waals surface area contributed by atoms with Crippen molar-refractivity contribution in [2.24, 2.45) is 4.99 Å². The highest BCUT2D eigenvalue weighted by Gasteiger charge is 2.05. The Morgan fingerprint density at radius 1 is 1.41 bits per heavy atom. The number of aliphatic imine (C=N–C) groups is 1. The van der Waals surface area contributed by atoms with Gasteiger partial charge in [-0.05, 0) is 38.3 Å². The molecule has 1 rings (SSSR count). The summed E-state index contributed by atoms with van der Waals surface area (Å²) < 4.78 is 5.33. The molecule has 0 amide bonds. The van der Waals surface area contributed by atoms with Crippen LogP contribution in [0, 0.1) is 0 Å². The molecule has 1 aromatic heterocycles. The summed E-state index contributed by atoms with van der Waals surface area (Å²) in [5.74, 6) is 1.97. The van der Waals surface area contributed by atoms with Crippen LogP contribution in [0.4, 0.5) is 0 Å². The van der Waals surface area contributed by atoms with E-state index in [1.165, 1.54) is 19.3 Å². The van der Waals surface area contributed by atoms with Gasteiger partial charge in [0.25, 0.3) is 0 Å². The van der Waals surface area contributed by atoms with Crippen molar-refractivity contribution in [3.05, 3.63) is 36.8 Å². The van der Waals surface area contributed by atoms with Crippen molar-refractivity contribution < 1.29 is 4.42 Å². The number of unbranched alkanes of at least 4 members (excludes halogenated alkanes) is 3. The number of hydrogen-bond donors (Lipinski definition) is 1. The predicted octanol–water partition coefficient (Wildman–Crippen LogP) is 4.08. The number of nitrogens with zero attached hydrogens (tertiary/aromatic N) is 2. The Labute approximate surface area is 152 Å². The van der Waals surface area contributed by atoms with Crippen molar-refractivity contribution in [2.75, 3.05) is 26.7 Å². The van der Waals surface area contributed by atoms with Gasteiger partial charge >= 0.3 is 0 Å². The molecule has 5 heteroatoms. The first-order valence-corrected chi connectivity index (χ1v) is 7.90. The maximum Gasteiger partial charge on any atom is 0.193 e. The van der Waals surface area contributed by atoms with E-state index in [0.717, 1.165) is 44.2 Å². The number of furan rings is 1. The Hall–Kier alpha value is -0.980. The highest BCUT2D eigenvalue weighted by molar-refractivity contribution is 14.0. The van der Waals surface area contributed by atoms with Crippen LogP contribution in [0.15, 0.2) is 40.5 Å². The minimum absolute atomic E-state index is 0. The van der Waals surface area contributed by atoms with E-state index in [9.17, 15) is 0 Å². The van der Waals surface area contributed by atoms with E-state index in [-0.39, 0.29) is 24.0 Å². The van der Waals surface area contributed by atoms with E-state index < -0.39 is 0 Å². The molecule has 22 heavy (non-hydrogen) atoms. The summed E-state index contributed by atoms with van der Waals surface area (Å²) in [4.78, 5) is 6.87. The standard InChI is InChI=1S/C17H29N3O.HI/c1-4-6-7-8-9-14-20(3)17(18-5-2)19-13-12-16-11-10-15-21-16;/h4,10-11,15H,1,5-9,12-14H2,2-3H3,(H,18,19);1H. The van der Waals surface area contributed by atoms with E-state index in [1.807, 2.05) is 18.2 Å². The molecule has 1 aromatic rings. The first-order chi connectivity index (χ1) is 10.3. The van der Waals surface area contributed by atoms with Gasteiger partial charge in [0, 0.05) is 33.1 Å². The highest BCUT2D eigenvalue weighted by Crippen LogP contribution is 2.03. The Morgan fingerprint density at radius 3 is 2.86 bits per heavy atom. The zero-order chi connectivity index (χ0) is 15.3. The van der Waals surface area contributed by atoms with Crippen LogP contribution in [-0.2, 0) is 6.42 Å². The zero-order valence-electron chi connectivity index (χ0n) is 13.9. The third kappa shape index (κ3) is 9.12. The number of nitrogens with one attached hydrogen (secondary N) is 1. The molecule has 0 spiro atoms. The number of hydrogen-bond acceptors (Lipinski definition) is 2. The molecule has 126 valence electrons. The van der Waals surface area contributed by atoms with Crippen LogP contribution < -0.4 is 5.32 Å². The highest BCUT2D eigenvalue weighted by atomic mass is 127. The Bertz CT molecular complexity index is 404. The van der Waals surface area contributed by atoms with Crippen LogP contribution in [-0.4, -0.2) is 37.5 Å². The van der Waals surface area contributed by atoms with Gasteiger partial charge in [-0.15, -0.1) is 30.6 Å². The van der Waals surface area contributed by atoms with Crippen molar-refractivity contribution in [2.45, 2.75) is 39.0 Å². The minimum atomic E-state index is 0. The molecular formula is C17H30IN3O. The average molecular weight is 419 g/mol. The van der Waals surface area contributed by atoms with Gasteiger partial charge in [-0.3, -0.25) is 4.99 Å². The molecule has 0 aromatic carbocycles. The lowest BCUT2D eigenvalue weighted by atomic mass is 10.2. The SMILES string of the molecule is C=CCCCCCN(C)C(=NCCc1ccco1)NCC.I. The predicted molar refractivity (Wildman–Crippen MR) is 105 cm³/mol. The van der Waals surface area contributed by atoms with Gasteiger partial charge in [0.2, 0.25) is 0 Å². The van der Waals surface area contributed by atoms with E-state index >= 15 is 0 Å². The number of halogens is 1. The quantitative estimate of drug-likeness (QED) is 0.204. The monoisotopic (exact) mass is 419 g/mol. The molecule has 0 aliphatic rings. The number of allylic oxidation sites excluding steroid dienone is 1. The second kappa shape index (κ2) is 13.7. The van der Waals surface area contributed by atoms with Gasteiger partial charge in [-0.2, -0.15) is 0 Å². The summed E-state index contributed by atoms with van der Waals surface area (Å²) in [5.41, 5.74) is 0. The fourth-order valence-corrected chi connectivity index (χ4v) is 2.12. The van der Waals surface area contributed by atoms with Crippen molar-refractivity contribution >= 4 is 29.9 Å². The molecule has 0 saturated carbocycles. The van der Waals surface area contributed by atoms with E-state index in [4.69, 9.17) is 4.42 Å². The first kappa shape index (κ1) is 21.0. The number of rotatable bonds is 10. The lowest BCUT2D eigenvalue weighted by molar-refractivity contribution is 0.454. The van der Waals surface area contributed by atoms with Crippen LogP contribution in [0.25, 0.3) is 0 Å². The number of guanidine groups is 1. The van der Waals surface area contributed by atoms with Crippen LogP contribution in [0.1, 0.15) is 38.4 Å². The lowest BCUT2D eigenvalue weighted by Gasteiger charge is -2.22. The van der Waals surface area contributed by atoms with Crippen molar-refractivity contribution in [1.29, 1.82) is 0 Å². The van der Waals surface area contributed by atoms with Crippen molar-refractivity contribution in [3.63, 3.8) is 0 Å². The second-order valence-corrected chi connectivity index (χ2v) is 5.12. The maximum atomic E-state index is 5.33. The third-order valence-corrected chi connectivity index (χ3v) is 3.30. The van der Waals surface area contributed by atoms with Gasteiger partial charge in [0.15, 0.2) is 5.96 Å². The molecule has 0 radical (unpaired) electrons. The smallest absolute Gasteiger partial charge is 0.193 e. The fourth-order valence-electron chi connectivity index (χ4n) is 2.12. The third-order valence-electron chi connectivity index (χ3n) is 3.30. The van der Waals surface area contributed by atoms with Crippen molar-refractivity contribution in [3.8, 4) is 0 Å². The van der Waals surface area contributed by atoms with Crippen molar-refractivity contribution in [1.82, 2.24) is 10.2 Å². The Kier molecular flexibility index (Phi) is 13.1. The molecule has 0 fully saturated rings. The topological polar surface area (TPSA) is 40.8 Å². The summed E-state index contributed by atoms with van der Waals surface area (Å²) in [6.07, 6.45) is 9.30. The van der Waals surface area contributed by atoms with E-state index in [1.54, 1.807) is 6.26 Å². The molecule has 1 heterocycles. The molecule has 0 aliphatic carbocycles. The van der Waals surface area contributed by atoms with Gasteiger partial charge in [-0.25, -0.2) is 0 Å².